The number of nitro groups is 2. The minimum atomic E-state index is -4.91. The number of para-hydroxylation sites is 2. The zero-order valence-corrected chi connectivity index (χ0v) is 32.9. The number of rotatable bonds is 16. The molecular formula is C43H40N3O12P. The zero-order valence-electron chi connectivity index (χ0n) is 32.0. The second-order valence-corrected chi connectivity index (χ2v) is 19.1. The molecule has 1 saturated heterocycles. The van der Waals surface area contributed by atoms with Crippen molar-refractivity contribution < 1.29 is 48.3 Å². The number of amides is 1. The summed E-state index contributed by atoms with van der Waals surface area (Å²) in [6.45, 7) is -2.96. The first-order valence-electron chi connectivity index (χ1n) is 18.4. The Bertz CT molecular complexity index is 2300. The Morgan fingerprint density at radius 3 is 1.54 bits per heavy atom. The first-order chi connectivity index (χ1) is 28.2. The number of β-lactam (4-membered cyclic amide) rings is 1. The van der Waals surface area contributed by atoms with E-state index in [-0.39, 0.29) is 22.5 Å². The predicted molar refractivity (Wildman–Crippen MR) is 218 cm³/mol. The van der Waals surface area contributed by atoms with Crippen molar-refractivity contribution in [2.24, 2.45) is 5.92 Å². The topological polar surface area (TPSA) is 206 Å². The molecule has 1 heterocycles. The molecule has 15 nitrogen and oxygen atoms in total. The van der Waals surface area contributed by atoms with E-state index in [1.807, 2.05) is 0 Å². The Kier molecular flexibility index (Phi) is 11.9. The summed E-state index contributed by atoms with van der Waals surface area (Å²) in [6.07, 6.45) is -3.52. The molecule has 0 bridgehead atoms. The Morgan fingerprint density at radius 2 is 1.12 bits per heavy atom. The Hall–Kier alpha value is -6.99. The van der Waals surface area contributed by atoms with Gasteiger partial charge in [0.15, 0.2) is 0 Å². The van der Waals surface area contributed by atoms with Crippen LogP contribution in [0.2, 0.25) is 0 Å². The summed E-state index contributed by atoms with van der Waals surface area (Å²) < 4.78 is 17.0. The van der Waals surface area contributed by atoms with Gasteiger partial charge in [-0.15, -0.1) is 0 Å². The number of carboxylic acids is 1. The molecule has 0 spiro atoms. The van der Waals surface area contributed by atoms with Crippen molar-refractivity contribution >= 4 is 57.6 Å². The summed E-state index contributed by atoms with van der Waals surface area (Å²) >= 11 is 0. The molecule has 0 aromatic heterocycles. The van der Waals surface area contributed by atoms with Crippen molar-refractivity contribution in [3.8, 4) is 0 Å². The summed E-state index contributed by atoms with van der Waals surface area (Å²) in [4.78, 5) is 79.8. The normalized spacial score (nSPS) is 17.3. The fourth-order valence-electron chi connectivity index (χ4n) is 8.15. The van der Waals surface area contributed by atoms with E-state index < -0.39 is 83.7 Å². The number of nitro benzene ring substituents is 2. The number of carboxylic acid groups (broad SMARTS) is 1. The average molecular weight is 822 g/mol. The molecule has 1 fully saturated rings. The number of likely N-dealkylation sites (tertiary alicyclic amines) is 1. The van der Waals surface area contributed by atoms with Gasteiger partial charge < -0.3 is 0 Å². The minimum absolute atomic E-state index is 0.103. The van der Waals surface area contributed by atoms with Gasteiger partial charge in [0, 0.05) is 0 Å². The van der Waals surface area contributed by atoms with Crippen LogP contribution in [0.5, 0.6) is 0 Å². The summed E-state index contributed by atoms with van der Waals surface area (Å²) in [7, 11) is 0. The monoisotopic (exact) mass is 821 g/mol. The molecule has 1 aliphatic heterocycles. The van der Waals surface area contributed by atoms with Gasteiger partial charge in [-0.2, -0.15) is 0 Å². The number of carbonyl (C=O) groups is 4. The van der Waals surface area contributed by atoms with Crippen LogP contribution in [0.15, 0.2) is 140 Å². The molecule has 16 heteroatoms. The molecule has 6 rings (SSSR count). The zero-order chi connectivity index (χ0) is 42.4. The molecule has 0 radical (unpaired) electrons. The van der Waals surface area contributed by atoms with Crippen LogP contribution >= 0.6 is 6.60 Å². The van der Waals surface area contributed by atoms with Crippen LogP contribution in [0.1, 0.15) is 31.4 Å². The molecule has 0 saturated carbocycles. The second-order valence-electron chi connectivity index (χ2n) is 14.3. The van der Waals surface area contributed by atoms with E-state index in [0.29, 0.717) is 15.9 Å². The summed E-state index contributed by atoms with van der Waals surface area (Å²) in [5.41, 5.74) is -2.66. The van der Waals surface area contributed by atoms with Crippen LogP contribution in [0, 0.1) is 26.1 Å². The fourth-order valence-corrected chi connectivity index (χ4v) is 14.2. The molecule has 5 aromatic carbocycles. The molecule has 304 valence electrons. The first-order valence-corrected chi connectivity index (χ1v) is 20.8. The maximum absolute atomic E-state index is 15.8. The van der Waals surface area contributed by atoms with E-state index in [4.69, 9.17) is 14.2 Å². The third-order valence-electron chi connectivity index (χ3n) is 11.0. The van der Waals surface area contributed by atoms with E-state index in [1.54, 1.807) is 97.1 Å². The molecule has 0 aliphatic carbocycles. The third-order valence-corrected chi connectivity index (χ3v) is 17.1. The van der Waals surface area contributed by atoms with E-state index >= 15 is 4.79 Å². The van der Waals surface area contributed by atoms with Crippen LogP contribution in [0.25, 0.3) is 0 Å². The van der Waals surface area contributed by atoms with Crippen molar-refractivity contribution in [3.63, 3.8) is 0 Å². The summed E-state index contributed by atoms with van der Waals surface area (Å²) in [5.74, 6) is -3.15. The number of hydrogen-bond acceptors (Lipinski definition) is 11. The molecule has 1 aliphatic rings. The van der Waals surface area contributed by atoms with Gasteiger partial charge in [0.05, 0.1) is 0 Å². The Balaban J connectivity index is 1.46. The van der Waals surface area contributed by atoms with Gasteiger partial charge >= 0.3 is 323 Å². The van der Waals surface area contributed by atoms with Crippen molar-refractivity contribution in [2.75, 3.05) is 6.29 Å². The number of aliphatic carboxylic acids is 1. The standard InChI is InChI=1S/C43H40N3O12P/c1-30(58-41(50)56-27-31-16-12-14-24-36(31)45(52)53)39-40(49)44(43(39,2)26-38(47)48)29-59(33-18-6-3-7-19-33,34-20-8-4-9-21-34,35-22-10-5-11-23-35)42(51)57-28-32-17-13-15-25-37(32)46(54)55/h3-25,30,39H,26-29H2,1-2H3,(H,47,48)/t30-,39+,43-/m1/s1. The van der Waals surface area contributed by atoms with Crippen LogP contribution in [0.3, 0.4) is 0 Å². The van der Waals surface area contributed by atoms with Crippen molar-refractivity contribution in [1.82, 2.24) is 4.90 Å². The number of hydrogen-bond donors (Lipinski definition) is 1. The molecular weight excluding hydrogens is 781 g/mol. The summed E-state index contributed by atoms with van der Waals surface area (Å²) in [6, 6.07) is 37.7. The van der Waals surface area contributed by atoms with Gasteiger partial charge in [-0.3, -0.25) is 10.1 Å². The molecule has 5 aromatic rings. The molecule has 0 unspecified atom stereocenters. The quantitative estimate of drug-likeness (QED) is 0.0349. The fraction of sp³-hybridized carbons (Fsp3) is 0.209. The van der Waals surface area contributed by atoms with Crippen molar-refractivity contribution in [3.05, 3.63) is 171 Å². The van der Waals surface area contributed by atoms with Gasteiger partial charge in [-0.05, 0) is 0 Å². The number of carbonyl (C=O) groups excluding carboxylic acids is 3. The van der Waals surface area contributed by atoms with Gasteiger partial charge in [0.2, 0.25) is 0 Å². The molecule has 1 amide bonds. The van der Waals surface area contributed by atoms with Crippen LogP contribution in [0.4, 0.5) is 21.0 Å². The van der Waals surface area contributed by atoms with E-state index in [0.717, 1.165) is 0 Å². The van der Waals surface area contributed by atoms with Gasteiger partial charge in [-0.1, -0.05) is 6.07 Å². The maximum atomic E-state index is 15.8. The average Bonchev–Trinajstić information content (AvgIpc) is 3.23. The first kappa shape index (κ1) is 41.6. The molecule has 1 N–H and O–H groups in total. The van der Waals surface area contributed by atoms with E-state index in [9.17, 15) is 39.7 Å². The van der Waals surface area contributed by atoms with E-state index in [2.05, 4.69) is 0 Å². The molecule has 59 heavy (non-hydrogen) atoms. The predicted octanol–water partition coefficient (Wildman–Crippen LogP) is 7.06. The van der Waals surface area contributed by atoms with E-state index in [1.165, 1.54) is 61.2 Å². The number of benzene rings is 5. The Labute approximate surface area is 338 Å². The second kappa shape index (κ2) is 16.9. The van der Waals surface area contributed by atoms with Gasteiger partial charge in [0.1, 0.15) is 0 Å². The van der Waals surface area contributed by atoms with Crippen molar-refractivity contribution in [2.45, 2.75) is 45.1 Å². The van der Waals surface area contributed by atoms with Gasteiger partial charge in [-0.25, -0.2) is 0 Å². The number of nitrogens with zero attached hydrogens (tertiary/aromatic N) is 3. The van der Waals surface area contributed by atoms with Crippen LogP contribution < -0.4 is 15.9 Å². The third kappa shape index (κ3) is 7.48. The summed E-state index contributed by atoms with van der Waals surface area (Å²) in [5, 5.41) is 35.2. The Morgan fingerprint density at radius 1 is 0.712 bits per heavy atom. The van der Waals surface area contributed by atoms with Crippen LogP contribution in [-0.4, -0.2) is 61.5 Å². The van der Waals surface area contributed by atoms with Gasteiger partial charge in [0.25, 0.3) is 0 Å². The SMILES string of the molecule is C[C@@H](OC(=O)OCc1ccccc1[N+](=O)[O-])[C@H]1C(=O)N(CP(C(=O)OCc2ccccc2[N+](=O)[O-])(c2ccccc2)(c2ccccc2)c2ccccc2)[C@]1(C)CC(=O)O. The molecule has 3 atom stereocenters. The number of ether oxygens (including phenoxy) is 3. The van der Waals surface area contributed by atoms with Crippen molar-refractivity contribution in [1.29, 1.82) is 0 Å². The van der Waals surface area contributed by atoms with Crippen LogP contribution in [-0.2, 0) is 37.0 Å².